The van der Waals surface area contributed by atoms with Crippen LogP contribution in [0.3, 0.4) is 0 Å². The third kappa shape index (κ3) is 5.87. The Labute approximate surface area is 142 Å². The molecule has 1 fully saturated rings. The molecule has 0 aliphatic heterocycles. The lowest BCUT2D eigenvalue weighted by Gasteiger charge is -2.28. The number of ether oxygens (including phenoxy) is 1. The second-order valence-corrected chi connectivity index (χ2v) is 6.93. The van der Waals surface area contributed by atoms with Crippen molar-refractivity contribution < 1.29 is 14.3 Å². The third-order valence-electron chi connectivity index (χ3n) is 4.60. The van der Waals surface area contributed by atoms with Gasteiger partial charge >= 0.3 is 5.97 Å². The van der Waals surface area contributed by atoms with Crippen molar-refractivity contribution in [2.24, 2.45) is 5.41 Å². The van der Waals surface area contributed by atoms with E-state index in [-0.39, 0.29) is 11.8 Å². The molecular formula is C17H29IO3. The third-order valence-corrected chi connectivity index (χ3v) is 5.90. The maximum atomic E-state index is 12.6. The Bertz CT molecular complexity index is 330. The molecule has 0 aromatic rings. The highest BCUT2D eigenvalue weighted by Crippen LogP contribution is 2.33. The molecule has 0 heterocycles. The zero-order valence-corrected chi connectivity index (χ0v) is 15.5. The van der Waals surface area contributed by atoms with Gasteiger partial charge in [-0.25, -0.2) is 0 Å². The number of rotatable bonds is 2. The predicted octanol–water partition coefficient (Wildman–Crippen LogP) is 4.84. The maximum Gasteiger partial charge on any atom is 0.320 e. The molecule has 1 rings (SSSR count). The maximum absolute atomic E-state index is 12.6. The summed E-state index contributed by atoms with van der Waals surface area (Å²) in [4.78, 5) is 24.9. The molecular weight excluding hydrogens is 379 g/mol. The van der Waals surface area contributed by atoms with E-state index in [0.717, 1.165) is 25.7 Å². The lowest BCUT2D eigenvalue weighted by Crippen LogP contribution is -2.42. The highest BCUT2D eigenvalue weighted by Gasteiger charge is 2.44. The Morgan fingerprint density at radius 1 is 1.00 bits per heavy atom. The van der Waals surface area contributed by atoms with Gasteiger partial charge < -0.3 is 4.74 Å². The van der Waals surface area contributed by atoms with Crippen molar-refractivity contribution in [2.45, 2.75) is 77.0 Å². The van der Waals surface area contributed by atoms with Gasteiger partial charge in [0.05, 0.1) is 7.11 Å². The molecule has 1 unspecified atom stereocenters. The van der Waals surface area contributed by atoms with Crippen molar-refractivity contribution in [3.63, 3.8) is 0 Å². The molecule has 0 aromatic heterocycles. The number of esters is 1. The number of alkyl halides is 1. The minimum absolute atomic E-state index is 0.0980. The number of carbonyl (C=O) groups excluding carboxylic acids is 2. The number of methoxy groups -OCH3 is 1. The summed E-state index contributed by atoms with van der Waals surface area (Å²) in [6.45, 7) is 0. The van der Waals surface area contributed by atoms with Crippen molar-refractivity contribution in [3.05, 3.63) is 0 Å². The molecule has 0 bridgehead atoms. The first-order chi connectivity index (χ1) is 10.2. The lowest BCUT2D eigenvalue weighted by molar-refractivity contribution is -0.157. The monoisotopic (exact) mass is 408 g/mol. The molecule has 3 nitrogen and oxygen atoms in total. The molecule has 1 aliphatic carbocycles. The Hall–Kier alpha value is -0.130. The molecule has 0 spiro atoms. The summed E-state index contributed by atoms with van der Waals surface area (Å²) in [6, 6.07) is 0. The SMILES string of the molecule is COC(=O)C1(CI)CCCCCCCCCCCCC1=O. The van der Waals surface area contributed by atoms with Crippen molar-refractivity contribution in [1.82, 2.24) is 0 Å². The van der Waals surface area contributed by atoms with Gasteiger partial charge in [0.2, 0.25) is 0 Å². The Kier molecular flexibility index (Phi) is 9.52. The minimum Gasteiger partial charge on any atom is -0.468 e. The average Bonchev–Trinajstić information content (AvgIpc) is 2.51. The highest BCUT2D eigenvalue weighted by atomic mass is 127. The number of hydrogen-bond acceptors (Lipinski definition) is 3. The molecule has 0 radical (unpaired) electrons. The van der Waals surface area contributed by atoms with Gasteiger partial charge in [0.15, 0.2) is 5.78 Å². The summed E-state index contributed by atoms with van der Waals surface area (Å²) in [6.07, 6.45) is 12.9. The van der Waals surface area contributed by atoms with E-state index < -0.39 is 5.41 Å². The van der Waals surface area contributed by atoms with Crippen LogP contribution < -0.4 is 0 Å². The van der Waals surface area contributed by atoms with Crippen molar-refractivity contribution in [1.29, 1.82) is 0 Å². The van der Waals surface area contributed by atoms with Gasteiger partial charge in [-0.15, -0.1) is 0 Å². The molecule has 1 saturated carbocycles. The van der Waals surface area contributed by atoms with E-state index in [4.69, 9.17) is 4.74 Å². The zero-order chi connectivity index (χ0) is 15.6. The van der Waals surface area contributed by atoms with Gasteiger partial charge in [0, 0.05) is 10.8 Å². The van der Waals surface area contributed by atoms with Gasteiger partial charge in [0.25, 0.3) is 0 Å². The van der Waals surface area contributed by atoms with E-state index >= 15 is 0 Å². The van der Waals surface area contributed by atoms with Crippen LogP contribution in [0, 0.1) is 5.41 Å². The van der Waals surface area contributed by atoms with Gasteiger partial charge in [0.1, 0.15) is 5.41 Å². The molecule has 0 N–H and O–H groups in total. The van der Waals surface area contributed by atoms with Gasteiger partial charge in [-0.2, -0.15) is 0 Å². The summed E-state index contributed by atoms with van der Waals surface area (Å²) in [5.74, 6) is -0.227. The quantitative estimate of drug-likeness (QED) is 0.284. The Morgan fingerprint density at radius 3 is 1.95 bits per heavy atom. The van der Waals surface area contributed by atoms with E-state index in [1.807, 2.05) is 0 Å². The first-order valence-electron chi connectivity index (χ1n) is 8.35. The van der Waals surface area contributed by atoms with Crippen LogP contribution in [0.1, 0.15) is 77.0 Å². The van der Waals surface area contributed by atoms with Crippen LogP contribution in [0.15, 0.2) is 0 Å². The first-order valence-corrected chi connectivity index (χ1v) is 9.87. The molecule has 122 valence electrons. The number of ketones is 1. The first kappa shape index (κ1) is 18.9. The zero-order valence-electron chi connectivity index (χ0n) is 13.3. The minimum atomic E-state index is -0.889. The van der Waals surface area contributed by atoms with Crippen LogP contribution in [0.2, 0.25) is 0 Å². The fourth-order valence-corrected chi connectivity index (χ4v) is 4.23. The van der Waals surface area contributed by atoms with Crippen LogP contribution in [-0.4, -0.2) is 23.3 Å². The highest BCUT2D eigenvalue weighted by molar-refractivity contribution is 14.1. The van der Waals surface area contributed by atoms with Gasteiger partial charge in [-0.1, -0.05) is 80.4 Å². The van der Waals surface area contributed by atoms with E-state index in [1.165, 1.54) is 45.6 Å². The van der Waals surface area contributed by atoms with E-state index in [1.54, 1.807) is 0 Å². The smallest absolute Gasteiger partial charge is 0.320 e. The van der Waals surface area contributed by atoms with E-state index in [9.17, 15) is 9.59 Å². The number of hydrogen-bond donors (Lipinski definition) is 0. The summed E-state index contributed by atoms with van der Waals surface area (Å²) in [7, 11) is 1.40. The number of Topliss-reactive ketones (excluding diaryl/α,β-unsaturated/α-hetero) is 1. The standard InChI is InChI=1S/C17H29IO3/c1-21-16(20)17(14-18)13-11-9-7-5-3-2-4-6-8-10-12-15(17)19/h2-14H2,1H3. The number of halogens is 1. The Morgan fingerprint density at radius 2 is 1.48 bits per heavy atom. The summed E-state index contributed by atoms with van der Waals surface area (Å²) < 4.78 is 5.50. The summed E-state index contributed by atoms with van der Waals surface area (Å²) in [5.41, 5.74) is -0.889. The average molecular weight is 408 g/mol. The number of carbonyl (C=O) groups is 2. The molecule has 0 saturated heterocycles. The van der Waals surface area contributed by atoms with Gasteiger partial charge in [-0.3, -0.25) is 9.59 Å². The van der Waals surface area contributed by atoms with Crippen molar-refractivity contribution in [2.75, 3.05) is 11.5 Å². The molecule has 0 aromatic carbocycles. The van der Waals surface area contributed by atoms with Crippen molar-refractivity contribution in [3.8, 4) is 0 Å². The van der Waals surface area contributed by atoms with Gasteiger partial charge in [-0.05, 0) is 12.8 Å². The molecule has 4 heteroatoms. The fraction of sp³-hybridized carbons (Fsp3) is 0.882. The van der Waals surface area contributed by atoms with Crippen LogP contribution >= 0.6 is 22.6 Å². The fourth-order valence-electron chi connectivity index (χ4n) is 3.11. The van der Waals surface area contributed by atoms with Crippen molar-refractivity contribution >= 4 is 34.3 Å². The predicted molar refractivity (Wildman–Crippen MR) is 93.7 cm³/mol. The van der Waals surface area contributed by atoms with E-state index in [0.29, 0.717) is 17.3 Å². The lowest BCUT2D eigenvalue weighted by atomic mass is 9.78. The Balaban J connectivity index is 2.73. The van der Waals surface area contributed by atoms with Crippen LogP contribution in [0.4, 0.5) is 0 Å². The van der Waals surface area contributed by atoms with E-state index in [2.05, 4.69) is 22.6 Å². The van der Waals surface area contributed by atoms with Crippen LogP contribution in [-0.2, 0) is 14.3 Å². The largest absolute Gasteiger partial charge is 0.468 e. The molecule has 21 heavy (non-hydrogen) atoms. The molecule has 1 atom stereocenters. The molecule has 1 aliphatic rings. The topological polar surface area (TPSA) is 43.4 Å². The van der Waals surface area contributed by atoms with Crippen LogP contribution in [0.25, 0.3) is 0 Å². The summed E-state index contributed by atoms with van der Waals surface area (Å²) >= 11 is 2.18. The normalized spacial score (nSPS) is 26.9. The summed E-state index contributed by atoms with van der Waals surface area (Å²) in [5, 5.41) is 0. The molecule has 0 amide bonds. The van der Waals surface area contributed by atoms with Crippen LogP contribution in [0.5, 0.6) is 0 Å². The second kappa shape index (κ2) is 10.6. The second-order valence-electron chi connectivity index (χ2n) is 6.17.